The van der Waals surface area contributed by atoms with Crippen LogP contribution in [0.25, 0.3) is 0 Å². The van der Waals surface area contributed by atoms with Crippen molar-refractivity contribution in [2.24, 2.45) is 0 Å². The quantitative estimate of drug-likeness (QED) is 0.562. The van der Waals surface area contributed by atoms with Gasteiger partial charge in [-0.2, -0.15) is 0 Å². The molecular weight excluding hydrogens is 232 g/mol. The minimum Gasteiger partial charge on any atom is -0.460 e. The number of allylic oxidation sites excluding steroid dienone is 1. The average Bonchev–Trinajstić information content (AvgIpc) is 2.40. The van der Waals surface area contributed by atoms with E-state index in [4.69, 9.17) is 9.47 Å². The number of rotatable bonds is 6. The lowest BCUT2D eigenvalue weighted by molar-refractivity contribution is -0.140. The Morgan fingerprint density at radius 3 is 2.61 bits per heavy atom. The van der Waals surface area contributed by atoms with Gasteiger partial charge < -0.3 is 14.8 Å². The van der Waals surface area contributed by atoms with Crippen LogP contribution in [0.4, 0.5) is 0 Å². The van der Waals surface area contributed by atoms with Crippen molar-refractivity contribution < 1.29 is 14.3 Å². The summed E-state index contributed by atoms with van der Waals surface area (Å²) in [7, 11) is 1.75. The lowest BCUT2D eigenvalue weighted by atomic mass is 10.2. The van der Waals surface area contributed by atoms with Gasteiger partial charge >= 0.3 is 5.97 Å². The first-order chi connectivity index (χ1) is 8.69. The van der Waals surface area contributed by atoms with Gasteiger partial charge in [0, 0.05) is 26.7 Å². The Morgan fingerprint density at radius 2 is 2.06 bits per heavy atom. The van der Waals surface area contributed by atoms with Crippen LogP contribution in [0, 0.1) is 0 Å². The highest BCUT2D eigenvalue weighted by Crippen LogP contribution is 2.06. The molecule has 0 aromatic carbocycles. The van der Waals surface area contributed by atoms with Crippen LogP contribution in [0.15, 0.2) is 11.3 Å². The largest absolute Gasteiger partial charge is 0.460 e. The van der Waals surface area contributed by atoms with E-state index in [2.05, 4.69) is 10.2 Å². The molecule has 1 saturated heterocycles. The molecule has 0 atom stereocenters. The molecule has 0 aliphatic carbocycles. The Bertz CT molecular complexity index is 297. The Labute approximate surface area is 109 Å². The second-order valence-electron chi connectivity index (χ2n) is 4.35. The Kier molecular flexibility index (Phi) is 6.75. The molecule has 5 nitrogen and oxygen atoms in total. The molecule has 1 heterocycles. The van der Waals surface area contributed by atoms with E-state index in [-0.39, 0.29) is 5.97 Å². The van der Waals surface area contributed by atoms with Crippen LogP contribution in [0.3, 0.4) is 0 Å². The molecule has 104 valence electrons. The van der Waals surface area contributed by atoms with E-state index in [1.165, 1.54) is 0 Å². The third-order valence-electron chi connectivity index (χ3n) is 3.16. The molecule has 0 aromatic rings. The van der Waals surface area contributed by atoms with Gasteiger partial charge in [-0.1, -0.05) is 6.92 Å². The SMILES string of the molecule is CC/C(C)=C(/NC)C(=O)OCCN1CCOCC1. The highest BCUT2D eigenvalue weighted by Gasteiger charge is 2.14. The molecule has 0 radical (unpaired) electrons. The molecule has 1 aliphatic rings. The van der Waals surface area contributed by atoms with E-state index in [0.717, 1.165) is 44.8 Å². The van der Waals surface area contributed by atoms with Gasteiger partial charge in [-0.25, -0.2) is 4.79 Å². The molecule has 1 rings (SSSR count). The molecule has 0 bridgehead atoms. The summed E-state index contributed by atoms with van der Waals surface area (Å²) in [4.78, 5) is 14.1. The molecule has 0 aromatic heterocycles. The third kappa shape index (κ3) is 4.66. The van der Waals surface area contributed by atoms with Crippen LogP contribution < -0.4 is 5.32 Å². The first-order valence-electron chi connectivity index (χ1n) is 6.53. The number of nitrogens with one attached hydrogen (secondary N) is 1. The van der Waals surface area contributed by atoms with Gasteiger partial charge in [-0.05, 0) is 18.9 Å². The summed E-state index contributed by atoms with van der Waals surface area (Å²) in [5.41, 5.74) is 1.60. The van der Waals surface area contributed by atoms with Gasteiger partial charge in [0.05, 0.1) is 13.2 Å². The fraction of sp³-hybridized carbons (Fsp3) is 0.769. The zero-order chi connectivity index (χ0) is 13.4. The highest BCUT2D eigenvalue weighted by atomic mass is 16.5. The van der Waals surface area contributed by atoms with E-state index < -0.39 is 0 Å². The van der Waals surface area contributed by atoms with E-state index in [0.29, 0.717) is 12.3 Å². The summed E-state index contributed by atoms with van der Waals surface area (Å²) in [5, 5.41) is 2.91. The zero-order valence-electron chi connectivity index (χ0n) is 11.6. The van der Waals surface area contributed by atoms with Crippen LogP contribution >= 0.6 is 0 Å². The first kappa shape index (κ1) is 15.0. The molecule has 1 aliphatic heterocycles. The second-order valence-corrected chi connectivity index (χ2v) is 4.35. The predicted molar refractivity (Wildman–Crippen MR) is 70.3 cm³/mol. The van der Waals surface area contributed by atoms with Gasteiger partial charge in [0.15, 0.2) is 0 Å². The van der Waals surface area contributed by atoms with Crippen molar-refractivity contribution in [3.63, 3.8) is 0 Å². The number of ether oxygens (including phenoxy) is 2. The number of likely N-dealkylation sites (N-methyl/N-ethyl adjacent to an activating group) is 1. The average molecular weight is 256 g/mol. The summed E-state index contributed by atoms with van der Waals surface area (Å²) in [6, 6.07) is 0. The van der Waals surface area contributed by atoms with Crippen molar-refractivity contribution in [1.82, 2.24) is 10.2 Å². The minimum atomic E-state index is -0.259. The molecule has 0 unspecified atom stereocenters. The zero-order valence-corrected chi connectivity index (χ0v) is 11.6. The minimum absolute atomic E-state index is 0.259. The Hall–Kier alpha value is -1.07. The molecule has 0 spiro atoms. The lowest BCUT2D eigenvalue weighted by Crippen LogP contribution is -2.38. The number of hydrogen-bond acceptors (Lipinski definition) is 5. The second kappa shape index (κ2) is 8.11. The monoisotopic (exact) mass is 256 g/mol. The van der Waals surface area contributed by atoms with E-state index in [9.17, 15) is 4.79 Å². The van der Waals surface area contributed by atoms with Crippen molar-refractivity contribution in [2.45, 2.75) is 20.3 Å². The molecule has 5 heteroatoms. The number of carbonyl (C=O) groups is 1. The molecular formula is C13H24N2O3. The maximum Gasteiger partial charge on any atom is 0.354 e. The fourth-order valence-electron chi connectivity index (χ4n) is 1.83. The van der Waals surface area contributed by atoms with Crippen molar-refractivity contribution in [1.29, 1.82) is 0 Å². The maximum atomic E-state index is 11.8. The van der Waals surface area contributed by atoms with Gasteiger partial charge in [-0.3, -0.25) is 4.90 Å². The predicted octanol–water partition coefficient (Wildman–Crippen LogP) is 0.765. The summed E-state index contributed by atoms with van der Waals surface area (Å²) >= 11 is 0. The lowest BCUT2D eigenvalue weighted by Gasteiger charge is -2.26. The third-order valence-corrected chi connectivity index (χ3v) is 3.16. The topological polar surface area (TPSA) is 50.8 Å². The van der Waals surface area contributed by atoms with Crippen LogP contribution in [-0.4, -0.2) is 57.4 Å². The number of hydrogen-bond donors (Lipinski definition) is 1. The van der Waals surface area contributed by atoms with E-state index in [1.807, 2.05) is 13.8 Å². The van der Waals surface area contributed by atoms with Crippen LogP contribution in [0.1, 0.15) is 20.3 Å². The maximum absolute atomic E-state index is 11.8. The van der Waals surface area contributed by atoms with Crippen molar-refractivity contribution >= 4 is 5.97 Å². The van der Waals surface area contributed by atoms with E-state index >= 15 is 0 Å². The molecule has 1 N–H and O–H groups in total. The standard InChI is InChI=1S/C13H24N2O3/c1-4-11(2)12(14-3)13(16)18-10-7-15-5-8-17-9-6-15/h14H,4-10H2,1-3H3/b12-11+. The molecule has 0 amide bonds. The van der Waals surface area contributed by atoms with Crippen LogP contribution in [0.5, 0.6) is 0 Å². The van der Waals surface area contributed by atoms with E-state index in [1.54, 1.807) is 7.05 Å². The number of nitrogens with zero attached hydrogens (tertiary/aromatic N) is 1. The number of esters is 1. The van der Waals surface area contributed by atoms with Crippen molar-refractivity contribution in [3.8, 4) is 0 Å². The summed E-state index contributed by atoms with van der Waals surface area (Å²) in [6.45, 7) is 8.54. The smallest absolute Gasteiger partial charge is 0.354 e. The molecule has 0 saturated carbocycles. The van der Waals surface area contributed by atoms with Crippen molar-refractivity contribution in [3.05, 3.63) is 11.3 Å². The first-order valence-corrected chi connectivity index (χ1v) is 6.53. The normalized spacial score (nSPS) is 18.2. The van der Waals surface area contributed by atoms with Crippen LogP contribution in [0.2, 0.25) is 0 Å². The van der Waals surface area contributed by atoms with Crippen LogP contribution in [-0.2, 0) is 14.3 Å². The summed E-state index contributed by atoms with van der Waals surface area (Å²) in [6.07, 6.45) is 0.842. The number of morpholine rings is 1. The Balaban J connectivity index is 2.31. The summed E-state index contributed by atoms with van der Waals surface area (Å²) < 4.78 is 10.5. The van der Waals surface area contributed by atoms with Gasteiger partial charge in [0.25, 0.3) is 0 Å². The summed E-state index contributed by atoms with van der Waals surface area (Å²) in [5.74, 6) is -0.259. The Morgan fingerprint density at radius 1 is 1.39 bits per heavy atom. The molecule has 18 heavy (non-hydrogen) atoms. The van der Waals surface area contributed by atoms with Gasteiger partial charge in [0.1, 0.15) is 12.3 Å². The highest BCUT2D eigenvalue weighted by molar-refractivity contribution is 5.88. The van der Waals surface area contributed by atoms with Gasteiger partial charge in [0.2, 0.25) is 0 Å². The number of carbonyl (C=O) groups excluding carboxylic acids is 1. The fourth-order valence-corrected chi connectivity index (χ4v) is 1.83. The molecule has 1 fully saturated rings. The van der Waals surface area contributed by atoms with Crippen molar-refractivity contribution in [2.75, 3.05) is 46.5 Å². The van der Waals surface area contributed by atoms with Gasteiger partial charge in [-0.15, -0.1) is 0 Å².